The molecule has 2 rings (SSSR count). The summed E-state index contributed by atoms with van der Waals surface area (Å²) < 4.78 is 9.80. The number of carbonyl (C=O) groups excluding carboxylic acids is 1. The summed E-state index contributed by atoms with van der Waals surface area (Å²) in [6.45, 7) is 0. The highest BCUT2D eigenvalue weighted by Gasteiger charge is 2.07. The SMILES string of the molecule is COC(=O)c1cncc(SCc2ccc(OC)cc2)c1. The number of methoxy groups -OCH3 is 2. The van der Waals surface area contributed by atoms with Gasteiger partial charge in [0, 0.05) is 23.0 Å². The van der Waals surface area contributed by atoms with Gasteiger partial charge >= 0.3 is 5.97 Å². The van der Waals surface area contributed by atoms with Crippen molar-refractivity contribution in [2.24, 2.45) is 0 Å². The Hall–Kier alpha value is -2.01. The van der Waals surface area contributed by atoms with Crippen molar-refractivity contribution in [3.63, 3.8) is 0 Å². The van der Waals surface area contributed by atoms with Crippen molar-refractivity contribution < 1.29 is 14.3 Å². The molecule has 0 amide bonds. The second-order valence-corrected chi connectivity index (χ2v) is 5.09. The van der Waals surface area contributed by atoms with E-state index >= 15 is 0 Å². The van der Waals surface area contributed by atoms with Gasteiger partial charge in [-0.15, -0.1) is 11.8 Å². The quantitative estimate of drug-likeness (QED) is 0.625. The van der Waals surface area contributed by atoms with Gasteiger partial charge in [-0.2, -0.15) is 0 Å². The fourth-order valence-corrected chi connectivity index (χ4v) is 2.49. The van der Waals surface area contributed by atoms with Crippen LogP contribution in [0.2, 0.25) is 0 Å². The lowest BCUT2D eigenvalue weighted by Gasteiger charge is -2.05. The summed E-state index contributed by atoms with van der Waals surface area (Å²) in [6, 6.07) is 9.68. The summed E-state index contributed by atoms with van der Waals surface area (Å²) in [5, 5.41) is 0. The van der Waals surface area contributed by atoms with Crippen molar-refractivity contribution in [2.45, 2.75) is 10.6 Å². The van der Waals surface area contributed by atoms with Gasteiger partial charge in [0.05, 0.1) is 19.8 Å². The molecule has 1 heterocycles. The number of carbonyl (C=O) groups is 1. The molecule has 20 heavy (non-hydrogen) atoms. The van der Waals surface area contributed by atoms with Crippen LogP contribution in [0.3, 0.4) is 0 Å². The highest BCUT2D eigenvalue weighted by molar-refractivity contribution is 7.98. The number of hydrogen-bond acceptors (Lipinski definition) is 5. The molecule has 5 heteroatoms. The molecule has 0 radical (unpaired) electrons. The molecule has 0 fully saturated rings. The molecule has 2 aromatic rings. The molecule has 0 saturated heterocycles. The predicted octanol–water partition coefficient (Wildman–Crippen LogP) is 3.17. The lowest BCUT2D eigenvalue weighted by Crippen LogP contribution is -2.01. The molecule has 0 spiro atoms. The molecular weight excluding hydrogens is 274 g/mol. The van der Waals surface area contributed by atoms with E-state index in [0.29, 0.717) is 5.56 Å². The Morgan fingerprint density at radius 2 is 1.95 bits per heavy atom. The molecule has 0 bridgehead atoms. The fourth-order valence-electron chi connectivity index (χ4n) is 1.62. The van der Waals surface area contributed by atoms with E-state index in [4.69, 9.17) is 4.74 Å². The topological polar surface area (TPSA) is 48.4 Å². The summed E-state index contributed by atoms with van der Waals surface area (Å²) in [7, 11) is 3.01. The van der Waals surface area contributed by atoms with Gasteiger partial charge in [0.2, 0.25) is 0 Å². The van der Waals surface area contributed by atoms with Gasteiger partial charge in [0.15, 0.2) is 0 Å². The van der Waals surface area contributed by atoms with Crippen LogP contribution in [0.5, 0.6) is 5.75 Å². The van der Waals surface area contributed by atoms with Crippen LogP contribution in [0.25, 0.3) is 0 Å². The summed E-state index contributed by atoms with van der Waals surface area (Å²) in [6.07, 6.45) is 3.24. The maximum absolute atomic E-state index is 11.4. The van der Waals surface area contributed by atoms with Gasteiger partial charge in [0.25, 0.3) is 0 Å². The first-order chi connectivity index (χ1) is 9.72. The Morgan fingerprint density at radius 1 is 1.20 bits per heavy atom. The Balaban J connectivity index is 2.01. The van der Waals surface area contributed by atoms with Crippen LogP contribution in [0, 0.1) is 0 Å². The van der Waals surface area contributed by atoms with Crippen molar-refractivity contribution in [2.75, 3.05) is 14.2 Å². The summed E-state index contributed by atoms with van der Waals surface area (Å²) in [5.41, 5.74) is 1.64. The van der Waals surface area contributed by atoms with E-state index in [2.05, 4.69) is 9.72 Å². The van der Waals surface area contributed by atoms with Crippen LogP contribution in [-0.4, -0.2) is 25.2 Å². The van der Waals surface area contributed by atoms with E-state index in [0.717, 1.165) is 16.4 Å². The molecule has 1 aromatic heterocycles. The molecule has 1 aromatic carbocycles. The smallest absolute Gasteiger partial charge is 0.339 e. The first kappa shape index (κ1) is 14.4. The van der Waals surface area contributed by atoms with Crippen LogP contribution >= 0.6 is 11.8 Å². The predicted molar refractivity (Wildman–Crippen MR) is 78.1 cm³/mol. The van der Waals surface area contributed by atoms with E-state index in [1.165, 1.54) is 18.9 Å². The van der Waals surface area contributed by atoms with Crippen molar-refractivity contribution in [1.29, 1.82) is 0 Å². The third-order valence-corrected chi connectivity index (χ3v) is 3.73. The van der Waals surface area contributed by atoms with E-state index < -0.39 is 0 Å². The maximum atomic E-state index is 11.4. The summed E-state index contributed by atoms with van der Waals surface area (Å²) in [5.74, 6) is 1.27. The number of pyridine rings is 1. The van der Waals surface area contributed by atoms with Crippen molar-refractivity contribution in [1.82, 2.24) is 4.98 Å². The number of nitrogens with zero attached hydrogens (tertiary/aromatic N) is 1. The van der Waals surface area contributed by atoms with Crippen LogP contribution < -0.4 is 4.74 Å². The number of ether oxygens (including phenoxy) is 2. The summed E-state index contributed by atoms with van der Waals surface area (Å²) >= 11 is 1.62. The number of esters is 1. The second kappa shape index (κ2) is 6.96. The Morgan fingerprint density at radius 3 is 2.60 bits per heavy atom. The molecule has 4 nitrogen and oxygen atoms in total. The molecule has 0 aliphatic heterocycles. The van der Waals surface area contributed by atoms with Crippen LogP contribution in [0.4, 0.5) is 0 Å². The minimum atomic E-state index is -0.371. The number of aromatic nitrogens is 1. The highest BCUT2D eigenvalue weighted by atomic mass is 32.2. The van der Waals surface area contributed by atoms with Crippen molar-refractivity contribution >= 4 is 17.7 Å². The van der Waals surface area contributed by atoms with Crippen LogP contribution in [0.1, 0.15) is 15.9 Å². The zero-order chi connectivity index (χ0) is 14.4. The standard InChI is InChI=1S/C15H15NO3S/c1-18-13-5-3-11(4-6-13)10-20-14-7-12(8-16-9-14)15(17)19-2/h3-9H,10H2,1-2H3. The zero-order valence-corrected chi connectivity index (χ0v) is 12.1. The second-order valence-electron chi connectivity index (χ2n) is 4.04. The highest BCUT2D eigenvalue weighted by Crippen LogP contribution is 2.24. The van der Waals surface area contributed by atoms with Gasteiger partial charge in [-0.25, -0.2) is 4.79 Å². The minimum absolute atomic E-state index is 0.371. The molecule has 104 valence electrons. The Kier molecular flexibility index (Phi) is 5.01. The Labute approximate surface area is 122 Å². The molecule has 0 unspecified atom stereocenters. The van der Waals surface area contributed by atoms with Gasteiger partial charge in [-0.1, -0.05) is 12.1 Å². The van der Waals surface area contributed by atoms with E-state index in [1.807, 2.05) is 24.3 Å². The van der Waals surface area contributed by atoms with E-state index in [-0.39, 0.29) is 5.97 Å². The van der Waals surface area contributed by atoms with Crippen molar-refractivity contribution in [3.8, 4) is 5.75 Å². The Bertz CT molecular complexity index is 584. The van der Waals surface area contributed by atoms with E-state index in [9.17, 15) is 4.79 Å². The van der Waals surface area contributed by atoms with Gasteiger partial charge in [-0.05, 0) is 23.8 Å². The lowest BCUT2D eigenvalue weighted by molar-refractivity contribution is 0.0600. The maximum Gasteiger partial charge on any atom is 0.339 e. The molecule has 0 N–H and O–H groups in total. The first-order valence-electron chi connectivity index (χ1n) is 6.02. The van der Waals surface area contributed by atoms with Gasteiger partial charge < -0.3 is 9.47 Å². The van der Waals surface area contributed by atoms with Gasteiger partial charge in [-0.3, -0.25) is 4.98 Å². The first-order valence-corrected chi connectivity index (χ1v) is 7.00. The monoisotopic (exact) mass is 289 g/mol. The molecule has 0 aliphatic carbocycles. The number of hydrogen-bond donors (Lipinski definition) is 0. The summed E-state index contributed by atoms with van der Waals surface area (Å²) in [4.78, 5) is 16.4. The lowest BCUT2D eigenvalue weighted by atomic mass is 10.2. The normalized spacial score (nSPS) is 10.1. The molecular formula is C15H15NO3S. The van der Waals surface area contributed by atoms with Crippen molar-refractivity contribution in [3.05, 3.63) is 53.9 Å². The molecule has 0 aliphatic rings. The number of benzene rings is 1. The number of thioether (sulfide) groups is 1. The minimum Gasteiger partial charge on any atom is -0.497 e. The largest absolute Gasteiger partial charge is 0.497 e. The zero-order valence-electron chi connectivity index (χ0n) is 11.3. The van der Waals surface area contributed by atoms with Crippen LogP contribution in [-0.2, 0) is 10.5 Å². The third-order valence-electron chi connectivity index (χ3n) is 2.70. The average molecular weight is 289 g/mol. The van der Waals surface area contributed by atoms with E-state index in [1.54, 1.807) is 31.1 Å². The fraction of sp³-hybridized carbons (Fsp3) is 0.200. The van der Waals surface area contributed by atoms with Gasteiger partial charge in [0.1, 0.15) is 5.75 Å². The molecule has 0 saturated carbocycles. The average Bonchev–Trinajstić information content (AvgIpc) is 2.53. The third kappa shape index (κ3) is 3.74. The number of rotatable bonds is 5. The van der Waals surface area contributed by atoms with Crippen LogP contribution in [0.15, 0.2) is 47.6 Å². The molecule has 0 atom stereocenters.